The zero-order valence-electron chi connectivity index (χ0n) is 9.05. The lowest BCUT2D eigenvalue weighted by molar-refractivity contribution is 0.279. The predicted molar refractivity (Wildman–Crippen MR) is 66.4 cm³/mol. The fourth-order valence-electron chi connectivity index (χ4n) is 1.70. The molecule has 0 aliphatic carbocycles. The Morgan fingerprint density at radius 3 is 2.50 bits per heavy atom. The molecule has 80 valence electrons. The highest BCUT2D eigenvalue weighted by atomic mass is 35.5. The predicted octanol–water partition coefficient (Wildman–Crippen LogP) is 4.73. The smallest absolute Gasteiger partial charge is 0.0279 e. The summed E-state index contributed by atoms with van der Waals surface area (Å²) in [5.74, 6) is 0.796. The van der Waals surface area contributed by atoms with Crippen LogP contribution in [0.15, 0.2) is 16.8 Å². The summed E-state index contributed by atoms with van der Waals surface area (Å²) < 4.78 is 0. The van der Waals surface area contributed by atoms with Gasteiger partial charge in [-0.25, -0.2) is 0 Å². The van der Waals surface area contributed by atoms with Crippen molar-refractivity contribution in [2.75, 3.05) is 5.88 Å². The molecule has 0 fully saturated rings. The molecule has 1 aromatic rings. The van der Waals surface area contributed by atoms with Crippen LogP contribution in [0.4, 0.5) is 0 Å². The van der Waals surface area contributed by atoms with E-state index in [1.807, 2.05) is 0 Å². The van der Waals surface area contributed by atoms with Gasteiger partial charge < -0.3 is 0 Å². The van der Waals surface area contributed by atoms with Gasteiger partial charge in [0.05, 0.1) is 0 Å². The molecule has 0 saturated heterocycles. The maximum Gasteiger partial charge on any atom is 0.0279 e. The molecule has 2 heteroatoms. The van der Waals surface area contributed by atoms with E-state index in [9.17, 15) is 0 Å². The topological polar surface area (TPSA) is 0 Å². The monoisotopic (exact) mass is 230 g/mol. The number of halogens is 1. The molecule has 1 aromatic heterocycles. The average molecular weight is 231 g/mol. The summed E-state index contributed by atoms with van der Waals surface area (Å²) in [6, 6.07) is 2.22. The third-order valence-corrected chi connectivity index (χ3v) is 4.61. The summed E-state index contributed by atoms with van der Waals surface area (Å²) in [5, 5.41) is 4.39. The Labute approximate surface area is 96.3 Å². The third-order valence-electron chi connectivity index (χ3n) is 3.31. The quantitative estimate of drug-likeness (QED) is 0.620. The van der Waals surface area contributed by atoms with E-state index >= 15 is 0 Å². The van der Waals surface area contributed by atoms with Crippen LogP contribution in [0.3, 0.4) is 0 Å². The minimum absolute atomic E-state index is 0.365. The number of hydrogen-bond acceptors (Lipinski definition) is 1. The van der Waals surface area contributed by atoms with Crippen molar-refractivity contribution >= 4 is 22.9 Å². The number of alkyl halides is 1. The Morgan fingerprint density at radius 1 is 1.36 bits per heavy atom. The lowest BCUT2D eigenvalue weighted by Gasteiger charge is -2.29. The van der Waals surface area contributed by atoms with E-state index in [-0.39, 0.29) is 0 Å². The lowest BCUT2D eigenvalue weighted by Crippen LogP contribution is -2.21. The van der Waals surface area contributed by atoms with Crippen molar-refractivity contribution in [3.63, 3.8) is 0 Å². The summed E-state index contributed by atoms with van der Waals surface area (Å²) in [7, 11) is 0. The van der Waals surface area contributed by atoms with Crippen LogP contribution in [0.2, 0.25) is 0 Å². The Balaban J connectivity index is 2.48. The van der Waals surface area contributed by atoms with E-state index < -0.39 is 0 Å². The molecule has 1 rings (SSSR count). The van der Waals surface area contributed by atoms with Gasteiger partial charge in [0.1, 0.15) is 0 Å². The molecule has 0 saturated carbocycles. The molecule has 0 atom stereocenters. The van der Waals surface area contributed by atoms with Gasteiger partial charge in [-0.05, 0) is 53.5 Å². The maximum absolute atomic E-state index is 6.07. The van der Waals surface area contributed by atoms with Crippen LogP contribution < -0.4 is 0 Å². The van der Waals surface area contributed by atoms with Crippen LogP contribution in [-0.4, -0.2) is 5.88 Å². The van der Waals surface area contributed by atoms with Crippen LogP contribution in [0, 0.1) is 5.41 Å². The highest BCUT2D eigenvalue weighted by molar-refractivity contribution is 7.07. The van der Waals surface area contributed by atoms with E-state index in [2.05, 4.69) is 30.7 Å². The molecule has 0 aliphatic heterocycles. The van der Waals surface area contributed by atoms with Crippen LogP contribution in [0.5, 0.6) is 0 Å². The molecule has 0 amide bonds. The fraction of sp³-hybridized carbons (Fsp3) is 0.667. The molecule has 0 radical (unpaired) electrons. The van der Waals surface area contributed by atoms with Crippen LogP contribution in [0.25, 0.3) is 0 Å². The van der Waals surface area contributed by atoms with E-state index in [1.54, 1.807) is 11.3 Å². The minimum Gasteiger partial charge on any atom is -0.152 e. The highest BCUT2D eigenvalue weighted by Crippen LogP contribution is 2.33. The van der Waals surface area contributed by atoms with Crippen LogP contribution in [0.1, 0.15) is 38.7 Å². The lowest BCUT2D eigenvalue weighted by atomic mass is 9.79. The van der Waals surface area contributed by atoms with Crippen molar-refractivity contribution in [1.82, 2.24) is 0 Å². The molecule has 0 spiro atoms. The molecular weight excluding hydrogens is 212 g/mol. The van der Waals surface area contributed by atoms with Gasteiger partial charge in [0.25, 0.3) is 0 Å². The second-order valence-corrected chi connectivity index (χ2v) is 5.02. The Morgan fingerprint density at radius 2 is 2.07 bits per heavy atom. The van der Waals surface area contributed by atoms with Gasteiger partial charge >= 0.3 is 0 Å². The van der Waals surface area contributed by atoms with Crippen LogP contribution in [-0.2, 0) is 6.42 Å². The van der Waals surface area contributed by atoms with E-state index in [1.165, 1.54) is 31.2 Å². The molecule has 0 bridgehead atoms. The first kappa shape index (κ1) is 12.1. The highest BCUT2D eigenvalue weighted by Gasteiger charge is 2.24. The average Bonchev–Trinajstić information content (AvgIpc) is 2.74. The summed E-state index contributed by atoms with van der Waals surface area (Å²) in [6.07, 6.45) is 4.78. The van der Waals surface area contributed by atoms with Crippen molar-refractivity contribution in [3.8, 4) is 0 Å². The molecular formula is C12H19ClS. The van der Waals surface area contributed by atoms with Gasteiger partial charge in [0.2, 0.25) is 0 Å². The Hall–Kier alpha value is -0.0100. The number of rotatable bonds is 6. The first-order chi connectivity index (χ1) is 6.76. The van der Waals surface area contributed by atoms with E-state index in [0.717, 1.165) is 5.88 Å². The normalized spacial score (nSPS) is 11.9. The molecule has 0 N–H and O–H groups in total. The van der Waals surface area contributed by atoms with Crippen molar-refractivity contribution < 1.29 is 0 Å². The van der Waals surface area contributed by atoms with Gasteiger partial charge in [-0.2, -0.15) is 11.3 Å². The molecule has 0 nitrogen and oxygen atoms in total. The van der Waals surface area contributed by atoms with Crippen molar-refractivity contribution in [2.45, 2.75) is 39.5 Å². The molecule has 0 unspecified atom stereocenters. The zero-order valence-corrected chi connectivity index (χ0v) is 10.6. The Kier molecular flexibility index (Phi) is 4.97. The third kappa shape index (κ3) is 2.99. The summed E-state index contributed by atoms with van der Waals surface area (Å²) in [5.41, 5.74) is 1.83. The number of hydrogen-bond donors (Lipinski definition) is 0. The standard InChI is InChI=1S/C12H19ClS/c1-3-12(4-2,10-13)7-5-11-6-8-14-9-11/h6,8-9H,3-5,7,10H2,1-2H3. The largest absolute Gasteiger partial charge is 0.152 e. The second kappa shape index (κ2) is 5.77. The summed E-state index contributed by atoms with van der Waals surface area (Å²) >= 11 is 7.85. The number of thiophene rings is 1. The maximum atomic E-state index is 6.07. The van der Waals surface area contributed by atoms with Gasteiger partial charge in [-0.15, -0.1) is 11.6 Å². The van der Waals surface area contributed by atoms with Crippen LogP contribution >= 0.6 is 22.9 Å². The molecule has 14 heavy (non-hydrogen) atoms. The fourth-order valence-corrected chi connectivity index (χ4v) is 2.92. The minimum atomic E-state index is 0.365. The Bertz CT molecular complexity index is 229. The SMILES string of the molecule is CCC(CC)(CCl)CCc1ccsc1. The van der Waals surface area contributed by atoms with Gasteiger partial charge in [-0.3, -0.25) is 0 Å². The van der Waals surface area contributed by atoms with Gasteiger partial charge in [-0.1, -0.05) is 13.8 Å². The van der Waals surface area contributed by atoms with E-state index in [4.69, 9.17) is 11.6 Å². The summed E-state index contributed by atoms with van der Waals surface area (Å²) in [4.78, 5) is 0. The van der Waals surface area contributed by atoms with Crippen molar-refractivity contribution in [3.05, 3.63) is 22.4 Å². The van der Waals surface area contributed by atoms with Gasteiger partial charge in [0, 0.05) is 5.88 Å². The number of aryl methyl sites for hydroxylation is 1. The first-order valence-corrected chi connectivity index (χ1v) is 6.81. The molecule has 0 aliphatic rings. The van der Waals surface area contributed by atoms with Gasteiger partial charge in [0.15, 0.2) is 0 Å². The van der Waals surface area contributed by atoms with E-state index in [0.29, 0.717) is 5.41 Å². The summed E-state index contributed by atoms with van der Waals surface area (Å²) in [6.45, 7) is 4.50. The zero-order chi connectivity index (χ0) is 10.4. The molecule has 1 heterocycles. The van der Waals surface area contributed by atoms with Crippen molar-refractivity contribution in [1.29, 1.82) is 0 Å². The second-order valence-electron chi connectivity index (χ2n) is 3.97. The van der Waals surface area contributed by atoms with Crippen molar-refractivity contribution in [2.24, 2.45) is 5.41 Å². The first-order valence-electron chi connectivity index (χ1n) is 5.33. The molecule has 0 aromatic carbocycles.